The number of thioether (sulfide) groups is 1. The summed E-state index contributed by atoms with van der Waals surface area (Å²) in [6, 6.07) is 13.1. The number of carbonyl (C=O) groups is 2. The minimum absolute atomic E-state index is 0.605. The summed E-state index contributed by atoms with van der Waals surface area (Å²) < 4.78 is 0. The van der Waals surface area contributed by atoms with Gasteiger partial charge in [0.05, 0.1) is 0 Å². The number of nitrogens with one attached hydrogen (secondary N) is 2. The summed E-state index contributed by atoms with van der Waals surface area (Å²) in [5.74, 6) is -1.36. The van der Waals surface area contributed by atoms with Crippen molar-refractivity contribution in [3.05, 3.63) is 53.6 Å². The van der Waals surface area contributed by atoms with Crippen molar-refractivity contribution in [3.63, 3.8) is 0 Å². The van der Waals surface area contributed by atoms with Gasteiger partial charge in [-0.2, -0.15) is 0 Å². The van der Waals surface area contributed by atoms with Crippen LogP contribution < -0.4 is 10.6 Å². The predicted octanol–water partition coefficient (Wildman–Crippen LogP) is 3.60. The molecule has 0 heterocycles. The molecule has 114 valence electrons. The van der Waals surface area contributed by atoms with Gasteiger partial charge in [-0.05, 0) is 55.5 Å². The monoisotopic (exact) mass is 314 g/mol. The van der Waals surface area contributed by atoms with Gasteiger partial charge in [-0.15, -0.1) is 11.8 Å². The molecule has 22 heavy (non-hydrogen) atoms. The summed E-state index contributed by atoms with van der Waals surface area (Å²) in [5.41, 5.74) is 3.19. The third-order valence-electron chi connectivity index (χ3n) is 3.18. The van der Waals surface area contributed by atoms with Crippen LogP contribution in [0.3, 0.4) is 0 Å². The highest BCUT2D eigenvalue weighted by Gasteiger charge is 2.15. The van der Waals surface area contributed by atoms with E-state index in [1.807, 2.05) is 56.5 Å². The van der Waals surface area contributed by atoms with Crippen molar-refractivity contribution in [1.29, 1.82) is 0 Å². The molecule has 0 saturated carbocycles. The Bertz CT molecular complexity index is 714. The average Bonchev–Trinajstić information content (AvgIpc) is 2.51. The highest BCUT2D eigenvalue weighted by molar-refractivity contribution is 7.98. The van der Waals surface area contributed by atoms with E-state index in [0.29, 0.717) is 11.4 Å². The Kier molecular flexibility index (Phi) is 5.22. The zero-order chi connectivity index (χ0) is 16.1. The van der Waals surface area contributed by atoms with Gasteiger partial charge in [0, 0.05) is 16.3 Å². The molecule has 2 N–H and O–H groups in total. The van der Waals surface area contributed by atoms with Gasteiger partial charge in [-0.25, -0.2) is 0 Å². The van der Waals surface area contributed by atoms with Crippen molar-refractivity contribution in [2.45, 2.75) is 18.7 Å². The number of rotatable bonds is 3. The quantitative estimate of drug-likeness (QED) is 0.672. The van der Waals surface area contributed by atoms with E-state index in [2.05, 4.69) is 10.6 Å². The molecule has 0 fully saturated rings. The van der Waals surface area contributed by atoms with Crippen LogP contribution in [0, 0.1) is 13.8 Å². The standard InChI is InChI=1S/C17H18N2O2S/c1-11-7-8-12(2)15(9-11)19-17(21)16(20)18-13-5-4-6-14(10-13)22-3/h4-10H,1-3H3,(H,18,20)(H,19,21). The second-order valence-electron chi connectivity index (χ2n) is 4.96. The Labute approximate surface area is 134 Å². The Morgan fingerprint density at radius 3 is 2.41 bits per heavy atom. The average molecular weight is 314 g/mol. The van der Waals surface area contributed by atoms with Gasteiger partial charge in [-0.1, -0.05) is 18.2 Å². The summed E-state index contributed by atoms with van der Waals surface area (Å²) in [6.07, 6.45) is 1.95. The minimum atomic E-state index is -0.681. The molecule has 2 amide bonds. The van der Waals surface area contributed by atoms with E-state index in [1.165, 1.54) is 0 Å². The number of benzene rings is 2. The fraction of sp³-hybridized carbons (Fsp3) is 0.176. The molecule has 0 aliphatic rings. The SMILES string of the molecule is CSc1cccc(NC(=O)C(=O)Nc2cc(C)ccc2C)c1. The first-order valence-corrected chi connectivity index (χ1v) is 8.05. The molecule has 2 aromatic rings. The van der Waals surface area contributed by atoms with Crippen LogP contribution in [-0.2, 0) is 9.59 Å². The lowest BCUT2D eigenvalue weighted by molar-refractivity contribution is -0.133. The molecular weight excluding hydrogens is 296 g/mol. The first kappa shape index (κ1) is 16.1. The third-order valence-corrected chi connectivity index (χ3v) is 3.90. The van der Waals surface area contributed by atoms with E-state index < -0.39 is 11.8 Å². The molecule has 0 spiro atoms. The van der Waals surface area contributed by atoms with E-state index in [4.69, 9.17) is 0 Å². The van der Waals surface area contributed by atoms with Crippen LogP contribution in [0.1, 0.15) is 11.1 Å². The van der Waals surface area contributed by atoms with E-state index in [0.717, 1.165) is 16.0 Å². The fourth-order valence-electron chi connectivity index (χ4n) is 1.94. The molecule has 0 atom stereocenters. The van der Waals surface area contributed by atoms with Gasteiger partial charge >= 0.3 is 11.8 Å². The van der Waals surface area contributed by atoms with Gasteiger partial charge in [0.1, 0.15) is 0 Å². The summed E-state index contributed by atoms with van der Waals surface area (Å²) >= 11 is 1.57. The van der Waals surface area contributed by atoms with Gasteiger partial charge in [0.25, 0.3) is 0 Å². The number of hydrogen-bond acceptors (Lipinski definition) is 3. The predicted molar refractivity (Wildman–Crippen MR) is 91.4 cm³/mol. The maximum Gasteiger partial charge on any atom is 0.314 e. The van der Waals surface area contributed by atoms with E-state index in [9.17, 15) is 9.59 Å². The van der Waals surface area contributed by atoms with Crippen LogP contribution in [0.2, 0.25) is 0 Å². The highest BCUT2D eigenvalue weighted by Crippen LogP contribution is 2.19. The van der Waals surface area contributed by atoms with Crippen molar-refractivity contribution in [1.82, 2.24) is 0 Å². The second-order valence-corrected chi connectivity index (χ2v) is 5.84. The molecule has 4 nitrogen and oxygen atoms in total. The number of anilines is 2. The van der Waals surface area contributed by atoms with Gasteiger partial charge < -0.3 is 10.6 Å². The molecule has 0 unspecified atom stereocenters. The Morgan fingerprint density at radius 1 is 0.955 bits per heavy atom. The summed E-state index contributed by atoms with van der Waals surface area (Å²) in [7, 11) is 0. The zero-order valence-corrected chi connectivity index (χ0v) is 13.6. The van der Waals surface area contributed by atoms with Crippen molar-refractivity contribution in [2.24, 2.45) is 0 Å². The van der Waals surface area contributed by atoms with E-state index >= 15 is 0 Å². The number of carbonyl (C=O) groups excluding carboxylic acids is 2. The summed E-state index contributed by atoms with van der Waals surface area (Å²) in [4.78, 5) is 25.0. The minimum Gasteiger partial charge on any atom is -0.318 e. The molecular formula is C17H18N2O2S. The largest absolute Gasteiger partial charge is 0.318 e. The first-order valence-electron chi connectivity index (χ1n) is 6.83. The van der Waals surface area contributed by atoms with Crippen LogP contribution in [0.5, 0.6) is 0 Å². The van der Waals surface area contributed by atoms with Gasteiger partial charge in [-0.3, -0.25) is 9.59 Å². The van der Waals surface area contributed by atoms with Crippen LogP contribution in [0.25, 0.3) is 0 Å². The lowest BCUT2D eigenvalue weighted by atomic mass is 10.1. The fourth-order valence-corrected chi connectivity index (χ4v) is 2.40. The summed E-state index contributed by atoms with van der Waals surface area (Å²) in [6.45, 7) is 3.82. The van der Waals surface area contributed by atoms with Crippen LogP contribution >= 0.6 is 11.8 Å². The molecule has 0 aliphatic carbocycles. The second kappa shape index (κ2) is 7.13. The maximum absolute atomic E-state index is 12.0. The molecule has 0 aliphatic heterocycles. The van der Waals surface area contributed by atoms with Crippen LogP contribution in [0.4, 0.5) is 11.4 Å². The van der Waals surface area contributed by atoms with Gasteiger partial charge in [0.15, 0.2) is 0 Å². The maximum atomic E-state index is 12.0. The highest BCUT2D eigenvalue weighted by atomic mass is 32.2. The summed E-state index contributed by atoms with van der Waals surface area (Å²) in [5, 5.41) is 5.25. The Hall–Kier alpha value is -2.27. The normalized spacial score (nSPS) is 10.1. The van der Waals surface area contributed by atoms with Crippen LogP contribution in [-0.4, -0.2) is 18.1 Å². The molecule has 0 saturated heterocycles. The lowest BCUT2D eigenvalue weighted by Crippen LogP contribution is -2.29. The Morgan fingerprint density at radius 2 is 1.68 bits per heavy atom. The smallest absolute Gasteiger partial charge is 0.314 e. The first-order chi connectivity index (χ1) is 10.5. The molecule has 0 aromatic heterocycles. The lowest BCUT2D eigenvalue weighted by Gasteiger charge is -2.10. The molecule has 2 rings (SSSR count). The molecule has 0 radical (unpaired) electrons. The Balaban J connectivity index is 2.06. The number of amides is 2. The third kappa shape index (κ3) is 4.11. The van der Waals surface area contributed by atoms with Gasteiger partial charge in [0.2, 0.25) is 0 Å². The van der Waals surface area contributed by atoms with Crippen molar-refractivity contribution < 1.29 is 9.59 Å². The van der Waals surface area contributed by atoms with Crippen molar-refractivity contribution >= 4 is 35.0 Å². The van der Waals surface area contributed by atoms with E-state index in [-0.39, 0.29) is 0 Å². The number of aryl methyl sites for hydroxylation is 2. The van der Waals surface area contributed by atoms with Crippen molar-refractivity contribution in [2.75, 3.05) is 16.9 Å². The molecule has 2 aromatic carbocycles. The van der Waals surface area contributed by atoms with Crippen LogP contribution in [0.15, 0.2) is 47.4 Å². The van der Waals surface area contributed by atoms with Crippen molar-refractivity contribution in [3.8, 4) is 0 Å². The zero-order valence-electron chi connectivity index (χ0n) is 12.8. The number of hydrogen-bond donors (Lipinski definition) is 2. The molecule has 0 bridgehead atoms. The van der Waals surface area contributed by atoms with E-state index in [1.54, 1.807) is 17.8 Å². The molecule has 5 heteroatoms. The topological polar surface area (TPSA) is 58.2 Å².